The number of aliphatic hydroxyl groups is 1. The molecule has 5 heteroatoms. The van der Waals surface area contributed by atoms with Crippen molar-refractivity contribution < 1.29 is 24.2 Å². The van der Waals surface area contributed by atoms with Crippen molar-refractivity contribution in [3.63, 3.8) is 0 Å². The largest absolute Gasteiger partial charge is 0.462 e. The van der Waals surface area contributed by atoms with Gasteiger partial charge in [-0.2, -0.15) is 0 Å². The number of aliphatic hydroxyl groups excluding tert-OH is 1. The molecule has 138 valence electrons. The molecule has 5 rings (SSSR count). The summed E-state index contributed by atoms with van der Waals surface area (Å²) in [5, 5.41) is 10.4. The summed E-state index contributed by atoms with van der Waals surface area (Å²) in [5.74, 6) is 0.630. The van der Waals surface area contributed by atoms with E-state index in [9.17, 15) is 14.7 Å². The number of hydrogen-bond donors (Lipinski definition) is 1. The van der Waals surface area contributed by atoms with Crippen molar-refractivity contribution in [2.24, 2.45) is 41.4 Å². The molecule has 5 fully saturated rings. The zero-order chi connectivity index (χ0) is 17.3. The lowest BCUT2D eigenvalue weighted by Crippen LogP contribution is -2.43. The molecule has 0 amide bonds. The maximum atomic E-state index is 12.9. The summed E-state index contributed by atoms with van der Waals surface area (Å²) in [6, 6.07) is 0. The van der Waals surface area contributed by atoms with Gasteiger partial charge in [0, 0.05) is 11.8 Å². The van der Waals surface area contributed by atoms with E-state index in [1.54, 1.807) is 0 Å². The Kier molecular flexibility index (Phi) is 3.67. The highest BCUT2D eigenvalue weighted by Gasteiger charge is 2.68. The van der Waals surface area contributed by atoms with Crippen molar-refractivity contribution in [1.29, 1.82) is 0 Å². The van der Waals surface area contributed by atoms with Crippen molar-refractivity contribution in [2.75, 3.05) is 0 Å². The van der Waals surface area contributed by atoms with E-state index in [0.29, 0.717) is 11.8 Å². The maximum Gasteiger partial charge on any atom is 0.310 e. The van der Waals surface area contributed by atoms with Crippen molar-refractivity contribution in [3.05, 3.63) is 0 Å². The van der Waals surface area contributed by atoms with E-state index >= 15 is 0 Å². The van der Waals surface area contributed by atoms with Gasteiger partial charge in [-0.25, -0.2) is 0 Å². The quantitative estimate of drug-likeness (QED) is 0.792. The smallest absolute Gasteiger partial charge is 0.310 e. The molecule has 1 aliphatic heterocycles. The Hall–Kier alpha value is -1.10. The highest BCUT2D eigenvalue weighted by molar-refractivity contribution is 5.86. The summed E-state index contributed by atoms with van der Waals surface area (Å²) in [6.45, 7) is 2.28. The normalized spacial score (nSPS) is 53.0. The third-order valence-electron chi connectivity index (χ3n) is 7.90. The average molecular weight is 348 g/mol. The molecule has 25 heavy (non-hydrogen) atoms. The van der Waals surface area contributed by atoms with Crippen LogP contribution < -0.4 is 0 Å². The van der Waals surface area contributed by atoms with Gasteiger partial charge in [0.05, 0.1) is 17.9 Å². The predicted molar refractivity (Wildman–Crippen MR) is 88.2 cm³/mol. The first kappa shape index (κ1) is 16.1. The minimum atomic E-state index is -0.693. The van der Waals surface area contributed by atoms with Crippen LogP contribution in [0.5, 0.6) is 0 Å². The molecule has 0 spiro atoms. The van der Waals surface area contributed by atoms with E-state index in [0.717, 1.165) is 25.2 Å². The lowest BCUT2D eigenvalue weighted by molar-refractivity contribution is -0.165. The van der Waals surface area contributed by atoms with E-state index in [1.165, 1.54) is 25.7 Å². The fourth-order valence-corrected chi connectivity index (χ4v) is 6.94. The Bertz CT molecular complexity index is 575. The first-order valence-corrected chi connectivity index (χ1v) is 10.1. The molecule has 1 heterocycles. The standard InChI is InChI=1S/C20H28O5/c1-2-9-3-10-5-11(4-9)7-12(6-10)24-19(22)15-13-8-14-16(15)20(23)25-18(14)17(13)21/h9-18,21H,2-8H2,1H3. The van der Waals surface area contributed by atoms with E-state index in [4.69, 9.17) is 9.47 Å². The molecule has 5 aliphatic rings. The molecule has 0 aromatic heterocycles. The molecule has 5 nitrogen and oxygen atoms in total. The Morgan fingerprint density at radius 3 is 2.52 bits per heavy atom. The van der Waals surface area contributed by atoms with Crippen LogP contribution in [0, 0.1) is 41.4 Å². The summed E-state index contributed by atoms with van der Waals surface area (Å²) in [6.07, 6.45) is 6.66. The number of ether oxygens (including phenoxy) is 2. The number of hydrogen-bond acceptors (Lipinski definition) is 5. The first-order valence-electron chi connectivity index (χ1n) is 10.1. The molecule has 8 unspecified atom stereocenters. The summed E-state index contributed by atoms with van der Waals surface area (Å²) in [5.41, 5.74) is 0. The highest BCUT2D eigenvalue weighted by atomic mass is 16.6. The SMILES string of the molecule is CCC1CC2CC(C1)CC(OC(=O)C1C3CC4C(OC(=O)C41)C3O)C2. The summed E-state index contributed by atoms with van der Waals surface area (Å²) in [7, 11) is 0. The van der Waals surface area contributed by atoms with Crippen molar-refractivity contribution >= 4 is 11.9 Å². The van der Waals surface area contributed by atoms with Crippen molar-refractivity contribution in [1.82, 2.24) is 0 Å². The third kappa shape index (κ3) is 2.37. The first-order chi connectivity index (χ1) is 12.0. The Balaban J connectivity index is 1.27. The highest BCUT2D eigenvalue weighted by Crippen LogP contribution is 2.58. The topological polar surface area (TPSA) is 72.8 Å². The van der Waals surface area contributed by atoms with Gasteiger partial charge >= 0.3 is 11.9 Å². The molecular weight excluding hydrogens is 320 g/mol. The fourth-order valence-electron chi connectivity index (χ4n) is 6.94. The van der Waals surface area contributed by atoms with Crippen LogP contribution in [0.4, 0.5) is 0 Å². The second kappa shape index (κ2) is 5.70. The molecule has 4 aliphatic carbocycles. The average Bonchev–Trinajstić information content (AvgIpc) is 3.18. The van der Waals surface area contributed by atoms with Gasteiger partial charge in [-0.1, -0.05) is 13.3 Å². The van der Waals surface area contributed by atoms with Crippen molar-refractivity contribution in [2.45, 2.75) is 70.2 Å². The molecule has 1 N–H and O–H groups in total. The molecule has 0 aromatic carbocycles. The van der Waals surface area contributed by atoms with Crippen LogP contribution in [0.25, 0.3) is 0 Å². The van der Waals surface area contributed by atoms with Crippen LogP contribution in [-0.4, -0.2) is 35.4 Å². The maximum absolute atomic E-state index is 12.9. The van der Waals surface area contributed by atoms with Gasteiger partial charge in [0.2, 0.25) is 0 Å². The van der Waals surface area contributed by atoms with E-state index < -0.39 is 12.0 Å². The Morgan fingerprint density at radius 2 is 1.84 bits per heavy atom. The van der Waals surface area contributed by atoms with E-state index in [2.05, 4.69) is 6.92 Å². The molecular formula is C20H28O5. The predicted octanol–water partition coefficient (Wildman–Crippen LogP) is 2.30. The van der Waals surface area contributed by atoms with Gasteiger partial charge in [0.1, 0.15) is 12.2 Å². The lowest BCUT2D eigenvalue weighted by Gasteiger charge is -2.42. The Morgan fingerprint density at radius 1 is 1.12 bits per heavy atom. The number of esters is 2. The number of rotatable bonds is 3. The van der Waals surface area contributed by atoms with Gasteiger partial charge in [-0.3, -0.25) is 9.59 Å². The lowest BCUT2D eigenvalue weighted by atomic mass is 9.66. The van der Waals surface area contributed by atoms with Crippen molar-refractivity contribution in [3.8, 4) is 0 Å². The minimum absolute atomic E-state index is 0.00135. The summed E-state index contributed by atoms with van der Waals surface area (Å²) in [4.78, 5) is 25.0. The third-order valence-corrected chi connectivity index (χ3v) is 7.90. The Labute approximate surface area is 148 Å². The molecule has 8 atom stereocenters. The van der Waals surface area contributed by atoms with Crippen LogP contribution in [-0.2, 0) is 19.1 Å². The zero-order valence-corrected chi connectivity index (χ0v) is 14.8. The number of carbonyl (C=O) groups excluding carboxylic acids is 2. The summed E-state index contributed by atoms with van der Waals surface area (Å²) >= 11 is 0. The molecule has 4 bridgehead atoms. The van der Waals surface area contributed by atoms with Gasteiger partial charge in [0.25, 0.3) is 0 Å². The van der Waals surface area contributed by atoms with Gasteiger partial charge < -0.3 is 14.6 Å². The molecule has 4 saturated carbocycles. The van der Waals surface area contributed by atoms with Crippen LogP contribution >= 0.6 is 0 Å². The van der Waals surface area contributed by atoms with E-state index in [1.807, 2.05) is 0 Å². The second-order valence-corrected chi connectivity index (χ2v) is 9.25. The summed E-state index contributed by atoms with van der Waals surface area (Å²) < 4.78 is 11.2. The molecule has 0 radical (unpaired) electrons. The van der Waals surface area contributed by atoms with Crippen LogP contribution in [0.1, 0.15) is 51.9 Å². The number of carbonyl (C=O) groups is 2. The van der Waals surface area contributed by atoms with Gasteiger partial charge in [0.15, 0.2) is 0 Å². The van der Waals surface area contributed by atoms with Crippen LogP contribution in [0.15, 0.2) is 0 Å². The molecule has 0 aromatic rings. The minimum Gasteiger partial charge on any atom is -0.462 e. The monoisotopic (exact) mass is 348 g/mol. The zero-order valence-electron chi connectivity index (χ0n) is 14.8. The van der Waals surface area contributed by atoms with Crippen LogP contribution in [0.2, 0.25) is 0 Å². The fraction of sp³-hybridized carbons (Fsp3) is 0.900. The number of fused-ring (bicyclic) bond motifs is 3. The van der Waals surface area contributed by atoms with Gasteiger partial charge in [-0.05, 0) is 56.3 Å². The van der Waals surface area contributed by atoms with Gasteiger partial charge in [-0.15, -0.1) is 0 Å². The second-order valence-electron chi connectivity index (χ2n) is 9.25. The molecule has 1 saturated heterocycles. The van der Waals surface area contributed by atoms with E-state index in [-0.39, 0.29) is 41.9 Å². The van der Waals surface area contributed by atoms with Crippen LogP contribution in [0.3, 0.4) is 0 Å².